The maximum absolute atomic E-state index is 6.22. The first-order valence-electron chi connectivity index (χ1n) is 6.18. The molecule has 2 rings (SSSR count). The largest absolute Gasteiger partial charge is 0.326 e. The molecule has 1 atom stereocenters. The van der Waals surface area contributed by atoms with Gasteiger partial charge in [-0.1, -0.05) is 30.7 Å². The number of nitrogens with two attached hydrogens (primary N) is 1. The average Bonchev–Trinajstić information content (AvgIpc) is 2.76. The molecule has 0 amide bonds. The van der Waals surface area contributed by atoms with Crippen LogP contribution in [-0.2, 0) is 13.0 Å². The molecule has 2 aromatic rings. The average molecular weight is 264 g/mol. The van der Waals surface area contributed by atoms with Crippen molar-refractivity contribution in [2.24, 2.45) is 5.73 Å². The summed E-state index contributed by atoms with van der Waals surface area (Å²) in [6.07, 6.45) is 2.89. The van der Waals surface area contributed by atoms with E-state index in [9.17, 15) is 0 Å². The summed E-state index contributed by atoms with van der Waals surface area (Å²) in [6.45, 7) is 4.79. The molecular weight excluding hydrogens is 246 g/mol. The first-order chi connectivity index (χ1) is 8.60. The lowest BCUT2D eigenvalue weighted by Crippen LogP contribution is -2.22. The van der Waals surface area contributed by atoms with Crippen LogP contribution in [0.3, 0.4) is 0 Å². The molecule has 1 aromatic carbocycles. The van der Waals surface area contributed by atoms with Crippen LogP contribution in [0, 0.1) is 0 Å². The maximum Gasteiger partial charge on any atom is 0.0923 e. The zero-order chi connectivity index (χ0) is 13.1. The van der Waals surface area contributed by atoms with Gasteiger partial charge in [-0.15, -0.1) is 0 Å². The van der Waals surface area contributed by atoms with Gasteiger partial charge in [-0.2, -0.15) is 5.10 Å². The van der Waals surface area contributed by atoms with Crippen LogP contribution in [-0.4, -0.2) is 15.8 Å². The zero-order valence-electron chi connectivity index (χ0n) is 10.7. The maximum atomic E-state index is 6.22. The van der Waals surface area contributed by atoms with Crippen LogP contribution in [0.4, 0.5) is 0 Å². The second kappa shape index (κ2) is 5.55. The molecule has 0 aliphatic heterocycles. The number of aryl methyl sites for hydroxylation is 1. The molecule has 4 heteroatoms. The molecule has 3 nitrogen and oxygen atoms in total. The van der Waals surface area contributed by atoms with Crippen LogP contribution in [0.2, 0.25) is 5.02 Å². The van der Waals surface area contributed by atoms with Crippen molar-refractivity contribution in [2.75, 3.05) is 0 Å². The Hall–Kier alpha value is -1.32. The fourth-order valence-corrected chi connectivity index (χ4v) is 2.22. The highest BCUT2D eigenvalue weighted by Gasteiger charge is 2.06. The van der Waals surface area contributed by atoms with Crippen LogP contribution in [0.15, 0.2) is 30.5 Å². The number of aromatic nitrogens is 2. The van der Waals surface area contributed by atoms with Gasteiger partial charge in [-0.05, 0) is 31.0 Å². The van der Waals surface area contributed by atoms with Gasteiger partial charge in [0, 0.05) is 22.8 Å². The molecule has 0 bridgehead atoms. The summed E-state index contributed by atoms with van der Waals surface area (Å²) in [5, 5.41) is 5.30. The predicted molar refractivity (Wildman–Crippen MR) is 75.7 cm³/mol. The number of nitrogens with zero attached hydrogens (tertiary/aromatic N) is 2. The third kappa shape index (κ3) is 2.92. The summed E-state index contributed by atoms with van der Waals surface area (Å²) in [5.74, 6) is 0. The van der Waals surface area contributed by atoms with Crippen LogP contribution in [0.1, 0.15) is 19.4 Å². The topological polar surface area (TPSA) is 43.8 Å². The lowest BCUT2D eigenvalue weighted by atomic mass is 10.1. The van der Waals surface area contributed by atoms with E-state index in [1.54, 1.807) is 0 Å². The van der Waals surface area contributed by atoms with Gasteiger partial charge in [0.2, 0.25) is 0 Å². The molecule has 1 aromatic heterocycles. The van der Waals surface area contributed by atoms with Gasteiger partial charge in [-0.3, -0.25) is 4.68 Å². The molecule has 0 fully saturated rings. The Kier molecular flexibility index (Phi) is 4.04. The van der Waals surface area contributed by atoms with Crippen LogP contribution in [0.25, 0.3) is 11.3 Å². The Labute approximate surface area is 113 Å². The molecular formula is C14H18ClN3. The van der Waals surface area contributed by atoms with E-state index in [4.69, 9.17) is 17.3 Å². The second-order valence-corrected chi connectivity index (χ2v) is 4.97. The molecule has 0 aliphatic carbocycles. The van der Waals surface area contributed by atoms with E-state index in [1.165, 1.54) is 0 Å². The normalized spacial score (nSPS) is 12.7. The highest BCUT2D eigenvalue weighted by molar-refractivity contribution is 6.31. The summed E-state index contributed by atoms with van der Waals surface area (Å²) in [6, 6.07) is 8.17. The van der Waals surface area contributed by atoms with Crippen molar-refractivity contribution in [1.82, 2.24) is 9.78 Å². The van der Waals surface area contributed by atoms with Gasteiger partial charge in [0.1, 0.15) is 0 Å². The van der Waals surface area contributed by atoms with Crippen molar-refractivity contribution < 1.29 is 0 Å². The van der Waals surface area contributed by atoms with Gasteiger partial charge in [0.15, 0.2) is 0 Å². The number of hydrogen-bond donors (Lipinski definition) is 1. The molecule has 0 saturated heterocycles. The van der Waals surface area contributed by atoms with Crippen molar-refractivity contribution in [3.63, 3.8) is 0 Å². The first-order valence-corrected chi connectivity index (χ1v) is 6.55. The molecule has 18 heavy (non-hydrogen) atoms. The molecule has 2 N–H and O–H groups in total. The van der Waals surface area contributed by atoms with Crippen molar-refractivity contribution in [3.05, 3.63) is 41.0 Å². The van der Waals surface area contributed by atoms with Gasteiger partial charge in [0.05, 0.1) is 12.2 Å². The monoisotopic (exact) mass is 263 g/mol. The summed E-state index contributed by atoms with van der Waals surface area (Å²) in [4.78, 5) is 0. The fourth-order valence-electron chi connectivity index (χ4n) is 1.91. The van der Waals surface area contributed by atoms with Crippen molar-refractivity contribution in [1.29, 1.82) is 0 Å². The van der Waals surface area contributed by atoms with E-state index in [0.29, 0.717) is 0 Å². The van der Waals surface area contributed by atoms with E-state index in [-0.39, 0.29) is 6.04 Å². The van der Waals surface area contributed by atoms with E-state index in [2.05, 4.69) is 24.2 Å². The van der Waals surface area contributed by atoms with Gasteiger partial charge in [-0.25, -0.2) is 0 Å². The highest BCUT2D eigenvalue weighted by atomic mass is 35.5. The zero-order valence-corrected chi connectivity index (χ0v) is 11.5. The van der Waals surface area contributed by atoms with E-state index < -0.39 is 0 Å². The molecule has 96 valence electrons. The Morgan fingerprint density at radius 3 is 2.78 bits per heavy atom. The smallest absolute Gasteiger partial charge is 0.0923 e. The minimum Gasteiger partial charge on any atom is -0.326 e. The van der Waals surface area contributed by atoms with Crippen LogP contribution >= 0.6 is 11.6 Å². The Morgan fingerprint density at radius 2 is 2.17 bits per heavy atom. The third-order valence-electron chi connectivity index (χ3n) is 2.85. The summed E-state index contributed by atoms with van der Waals surface area (Å²) in [5.41, 5.74) is 8.89. The minimum atomic E-state index is 0.101. The third-order valence-corrected chi connectivity index (χ3v) is 3.20. The first kappa shape index (κ1) is 13.1. The predicted octanol–water partition coefficient (Wildman–Crippen LogP) is 3.11. The van der Waals surface area contributed by atoms with Gasteiger partial charge < -0.3 is 5.73 Å². The number of hydrogen-bond acceptors (Lipinski definition) is 2. The lowest BCUT2D eigenvalue weighted by molar-refractivity contribution is 0.540. The van der Waals surface area contributed by atoms with Crippen molar-refractivity contribution >= 4 is 11.6 Å². The second-order valence-electron chi connectivity index (χ2n) is 4.56. The van der Waals surface area contributed by atoms with Crippen LogP contribution < -0.4 is 5.73 Å². The fraction of sp³-hybridized carbons (Fsp3) is 0.357. The Bertz CT molecular complexity index is 532. The Morgan fingerprint density at radius 1 is 1.39 bits per heavy atom. The lowest BCUT2D eigenvalue weighted by Gasteiger charge is -2.05. The van der Waals surface area contributed by atoms with Crippen LogP contribution in [0.5, 0.6) is 0 Å². The minimum absolute atomic E-state index is 0.101. The van der Waals surface area contributed by atoms with Gasteiger partial charge in [0.25, 0.3) is 0 Å². The SMILES string of the molecule is CCc1ccc(-c2ccn(C[C@H](C)N)n2)cc1Cl. The highest BCUT2D eigenvalue weighted by Crippen LogP contribution is 2.24. The molecule has 0 saturated carbocycles. The van der Waals surface area contributed by atoms with E-state index in [1.807, 2.05) is 29.9 Å². The summed E-state index contributed by atoms with van der Waals surface area (Å²) < 4.78 is 1.86. The number of benzene rings is 1. The molecule has 1 heterocycles. The quantitative estimate of drug-likeness (QED) is 0.921. The summed E-state index contributed by atoms with van der Waals surface area (Å²) >= 11 is 6.22. The van der Waals surface area contributed by atoms with E-state index >= 15 is 0 Å². The molecule has 0 radical (unpaired) electrons. The molecule has 0 unspecified atom stereocenters. The van der Waals surface area contributed by atoms with Crippen molar-refractivity contribution in [3.8, 4) is 11.3 Å². The van der Waals surface area contributed by atoms with Crippen molar-refractivity contribution in [2.45, 2.75) is 32.9 Å². The number of halogens is 1. The molecule has 0 spiro atoms. The van der Waals surface area contributed by atoms with Gasteiger partial charge >= 0.3 is 0 Å². The molecule has 0 aliphatic rings. The number of rotatable bonds is 4. The summed E-state index contributed by atoms with van der Waals surface area (Å²) in [7, 11) is 0. The Balaban J connectivity index is 2.26. The van der Waals surface area contributed by atoms with E-state index in [0.717, 1.165) is 34.8 Å². The standard InChI is InChI=1S/C14H18ClN3/c1-3-11-4-5-12(8-13(11)15)14-6-7-18(17-14)9-10(2)16/h4-8,10H,3,9,16H2,1-2H3/t10-/m0/s1.